The van der Waals surface area contributed by atoms with Crippen LogP contribution in [0, 0.1) is 0 Å². The first-order chi connectivity index (χ1) is 12.8. The molecule has 1 aliphatic heterocycles. The van der Waals surface area contributed by atoms with Gasteiger partial charge in [-0.15, -0.1) is 11.3 Å². The average Bonchev–Trinajstić information content (AvgIpc) is 3.09. The maximum Gasteiger partial charge on any atom is 0.150 e. The first kappa shape index (κ1) is 13.5. The van der Waals surface area contributed by atoms with E-state index in [1.165, 1.54) is 12.3 Å². The summed E-state index contributed by atoms with van der Waals surface area (Å²) in [5, 5.41) is 4.18. The fourth-order valence-corrected chi connectivity index (χ4v) is 3.78. The Morgan fingerprint density at radius 1 is 1.50 bits per heavy atom. The van der Waals surface area contributed by atoms with Crippen molar-refractivity contribution in [3.63, 3.8) is 0 Å². The monoisotopic (exact) mass is 383 g/mol. The van der Waals surface area contributed by atoms with Gasteiger partial charge in [-0.1, -0.05) is 29.4 Å². The molecule has 3 rings (SSSR count). The number of nitrogens with one attached hydrogen (secondary N) is 2. The summed E-state index contributed by atoms with van der Waals surface area (Å²) < 4.78 is 28.9. The van der Waals surface area contributed by atoms with E-state index < -0.39 is 6.98 Å². The lowest BCUT2D eigenvalue weighted by Gasteiger charge is -2.24. The molecule has 1 aliphatic rings. The molecule has 1 aromatic carbocycles. The van der Waals surface area contributed by atoms with Gasteiger partial charge in [0, 0.05) is 29.0 Å². The van der Waals surface area contributed by atoms with Crippen LogP contribution in [0.3, 0.4) is 0 Å². The molecule has 0 aliphatic carbocycles. The predicted octanol–water partition coefficient (Wildman–Crippen LogP) is 4.32. The number of aromatic nitrogens is 1. The molecule has 0 fully saturated rings. The van der Waals surface area contributed by atoms with Crippen LogP contribution in [0.15, 0.2) is 51.9 Å². The maximum absolute atomic E-state index is 7.44. The minimum absolute atomic E-state index is 0.0576. The Kier molecular flexibility index (Phi) is 4.14. The molecule has 0 radical (unpaired) electrons. The van der Waals surface area contributed by atoms with Gasteiger partial charge in [0.05, 0.1) is 23.4 Å². The molecule has 2 heterocycles. The van der Waals surface area contributed by atoms with Crippen LogP contribution in [0.2, 0.25) is 0 Å². The van der Waals surface area contributed by atoms with Gasteiger partial charge in [0.15, 0.2) is 5.75 Å². The first-order valence-corrected chi connectivity index (χ1v) is 9.33. The van der Waals surface area contributed by atoms with Crippen molar-refractivity contribution in [2.24, 2.45) is 0 Å². The Bertz CT molecular complexity index is 898. The molecule has 0 atom stereocenters. The van der Waals surface area contributed by atoms with Crippen LogP contribution in [0.5, 0.6) is 5.75 Å². The standard InChI is InChI=1S/C16H17ClN4OS2/c1-21-14(17)7-10(8-19-21)20-12-6-4-5-11(15(12)22-2)13-9-18-16(23-3)24-13/h4-9,19-20H,1-3H3/i1D3. The molecule has 0 saturated heterocycles. The zero-order chi connectivity index (χ0) is 19.6. The number of thiazole rings is 1. The van der Waals surface area contributed by atoms with Crippen molar-refractivity contribution < 1.29 is 8.85 Å². The Labute approximate surface area is 158 Å². The van der Waals surface area contributed by atoms with Gasteiger partial charge in [0.1, 0.15) is 9.50 Å². The number of allylic oxidation sites excluding steroid dienone is 1. The molecule has 0 spiro atoms. The van der Waals surface area contributed by atoms with Gasteiger partial charge < -0.3 is 15.5 Å². The first-order valence-electron chi connectivity index (χ1n) is 8.41. The highest BCUT2D eigenvalue weighted by atomic mass is 35.5. The van der Waals surface area contributed by atoms with E-state index in [1.54, 1.807) is 30.2 Å². The summed E-state index contributed by atoms with van der Waals surface area (Å²) in [6, 6.07) is 5.75. The third kappa shape index (κ3) is 3.48. The van der Waals surface area contributed by atoms with Gasteiger partial charge in [-0.25, -0.2) is 4.98 Å². The highest BCUT2D eigenvalue weighted by Gasteiger charge is 2.15. The fourth-order valence-electron chi connectivity index (χ4n) is 2.18. The van der Waals surface area contributed by atoms with E-state index in [-0.39, 0.29) is 5.16 Å². The van der Waals surface area contributed by atoms with Crippen molar-refractivity contribution in [1.29, 1.82) is 0 Å². The van der Waals surface area contributed by atoms with Gasteiger partial charge in [0.25, 0.3) is 0 Å². The predicted molar refractivity (Wildman–Crippen MR) is 102 cm³/mol. The third-order valence-electron chi connectivity index (χ3n) is 3.26. The number of hydrazine groups is 1. The lowest BCUT2D eigenvalue weighted by Crippen LogP contribution is -2.31. The van der Waals surface area contributed by atoms with E-state index >= 15 is 0 Å². The van der Waals surface area contributed by atoms with Crippen molar-refractivity contribution in [3.8, 4) is 16.2 Å². The summed E-state index contributed by atoms with van der Waals surface area (Å²) in [5.74, 6) is 0.664. The molecule has 2 aromatic rings. The second-order valence-corrected chi connectivity index (χ2v) is 7.21. The van der Waals surface area contributed by atoms with Crippen LogP contribution in [-0.2, 0) is 0 Å². The number of rotatable bonds is 5. The Balaban J connectivity index is 1.88. The molecule has 24 heavy (non-hydrogen) atoms. The minimum Gasteiger partial charge on any atom is -0.494 e. The van der Waals surface area contributed by atoms with Crippen molar-refractivity contribution >= 4 is 40.4 Å². The minimum atomic E-state index is -2.38. The number of anilines is 1. The van der Waals surface area contributed by atoms with Gasteiger partial charge >= 0.3 is 0 Å². The molecular formula is C16H17ClN4OS2. The number of hydrogen-bond acceptors (Lipinski definition) is 7. The lowest BCUT2D eigenvalue weighted by molar-refractivity contribution is 0.368. The number of halogens is 1. The Morgan fingerprint density at radius 2 is 2.38 bits per heavy atom. The van der Waals surface area contributed by atoms with Gasteiger partial charge in [-0.2, -0.15) is 0 Å². The van der Waals surface area contributed by atoms with Gasteiger partial charge in [0.2, 0.25) is 0 Å². The van der Waals surface area contributed by atoms with Crippen LogP contribution in [0.4, 0.5) is 5.69 Å². The number of hydrogen-bond donors (Lipinski definition) is 2. The van der Waals surface area contributed by atoms with E-state index in [4.69, 9.17) is 20.5 Å². The summed E-state index contributed by atoms with van der Waals surface area (Å²) in [6.45, 7) is -2.38. The lowest BCUT2D eigenvalue weighted by atomic mass is 10.1. The summed E-state index contributed by atoms with van der Waals surface area (Å²) >= 11 is 9.27. The topological polar surface area (TPSA) is 49.4 Å². The van der Waals surface area contributed by atoms with Gasteiger partial charge in [-0.3, -0.25) is 5.01 Å². The molecule has 0 saturated carbocycles. The van der Waals surface area contributed by atoms with E-state index in [0.29, 0.717) is 11.4 Å². The van der Waals surface area contributed by atoms with Crippen LogP contribution < -0.4 is 15.5 Å². The molecule has 0 amide bonds. The van der Waals surface area contributed by atoms with Gasteiger partial charge in [-0.05, 0) is 24.5 Å². The summed E-state index contributed by atoms with van der Waals surface area (Å²) in [6.07, 6.45) is 6.88. The molecule has 0 bridgehead atoms. The maximum atomic E-state index is 7.44. The van der Waals surface area contributed by atoms with Crippen LogP contribution in [0.25, 0.3) is 10.4 Å². The Morgan fingerprint density at radius 3 is 3.04 bits per heavy atom. The molecule has 126 valence electrons. The molecular weight excluding hydrogens is 364 g/mol. The summed E-state index contributed by atoms with van der Waals surface area (Å²) in [7, 11) is 1.60. The van der Waals surface area contributed by atoms with E-state index in [0.717, 1.165) is 25.5 Å². The molecule has 0 unspecified atom stereocenters. The number of methoxy groups -OCH3 is 1. The average molecular weight is 384 g/mol. The fraction of sp³-hybridized carbons (Fsp3) is 0.188. The zero-order valence-electron chi connectivity index (χ0n) is 16.0. The summed E-state index contributed by atoms with van der Waals surface area (Å²) in [5.41, 5.74) is 4.92. The largest absolute Gasteiger partial charge is 0.494 e. The zero-order valence-corrected chi connectivity index (χ0v) is 15.4. The highest BCUT2D eigenvalue weighted by Crippen LogP contribution is 2.40. The van der Waals surface area contributed by atoms with Crippen molar-refractivity contribution in [2.45, 2.75) is 4.34 Å². The van der Waals surface area contributed by atoms with Crippen molar-refractivity contribution in [2.75, 3.05) is 25.7 Å². The van der Waals surface area contributed by atoms with E-state index in [1.807, 2.05) is 30.7 Å². The molecule has 5 nitrogen and oxygen atoms in total. The van der Waals surface area contributed by atoms with E-state index in [2.05, 4.69) is 15.7 Å². The molecule has 2 N–H and O–H groups in total. The number of para-hydroxylation sites is 1. The smallest absolute Gasteiger partial charge is 0.150 e. The van der Waals surface area contributed by atoms with Crippen LogP contribution in [0.1, 0.15) is 4.11 Å². The SMILES string of the molecule is [2H]C([2H])([2H])N1NC=C(Nc2cccc(-c3cnc(SC)s3)c2OC)C=C1Cl. The van der Waals surface area contributed by atoms with Crippen molar-refractivity contribution in [1.82, 2.24) is 15.4 Å². The highest BCUT2D eigenvalue weighted by molar-refractivity contribution is 8.00. The second-order valence-electron chi connectivity index (χ2n) is 4.74. The van der Waals surface area contributed by atoms with E-state index in [9.17, 15) is 0 Å². The Hall–Kier alpha value is -1.83. The number of thioether (sulfide) groups is 1. The number of nitrogens with zero attached hydrogens (tertiary/aromatic N) is 2. The summed E-state index contributed by atoms with van der Waals surface area (Å²) in [4.78, 5) is 5.37. The molecule has 1 aromatic heterocycles. The van der Waals surface area contributed by atoms with Crippen molar-refractivity contribution in [3.05, 3.63) is 47.5 Å². The normalized spacial score (nSPS) is 16.3. The second kappa shape index (κ2) is 7.38. The van der Waals surface area contributed by atoms with Crippen LogP contribution in [-0.4, -0.2) is 30.3 Å². The van der Waals surface area contributed by atoms with Crippen LogP contribution >= 0.6 is 34.7 Å². The third-order valence-corrected chi connectivity index (χ3v) is 5.57. The quantitative estimate of drug-likeness (QED) is 0.592. The number of ether oxygens (including phenoxy) is 1. The number of benzene rings is 1. The molecule has 8 heteroatoms.